The molecule has 1 unspecified atom stereocenters. The third-order valence-corrected chi connectivity index (χ3v) is 6.19. The lowest BCUT2D eigenvalue weighted by Gasteiger charge is -2.26. The zero-order valence-electron chi connectivity index (χ0n) is 20.8. The van der Waals surface area contributed by atoms with Crippen molar-refractivity contribution >= 4 is 17.4 Å². The highest BCUT2D eigenvalue weighted by molar-refractivity contribution is 6.46. The topological polar surface area (TPSA) is 79.7 Å². The Morgan fingerprint density at radius 3 is 2.33 bits per heavy atom. The maximum absolute atomic E-state index is 13.4. The summed E-state index contributed by atoms with van der Waals surface area (Å²) in [6.07, 6.45) is 3.14. The molecule has 186 valence electrons. The van der Waals surface area contributed by atoms with Crippen LogP contribution in [0.4, 0.5) is 4.39 Å². The molecular formula is C29H29FN2O4. The fourth-order valence-corrected chi connectivity index (χ4v) is 4.42. The van der Waals surface area contributed by atoms with Gasteiger partial charge in [0, 0.05) is 30.1 Å². The van der Waals surface area contributed by atoms with Gasteiger partial charge < -0.3 is 14.7 Å². The fraction of sp³-hybridized carbons (Fsp3) is 0.276. The molecule has 1 fully saturated rings. The molecule has 0 aliphatic carbocycles. The van der Waals surface area contributed by atoms with E-state index >= 15 is 0 Å². The van der Waals surface area contributed by atoms with E-state index < -0.39 is 23.5 Å². The number of carbonyl (C=O) groups excluding carboxylic acids is 2. The second-order valence-corrected chi connectivity index (χ2v) is 9.73. The maximum atomic E-state index is 13.4. The quantitative estimate of drug-likeness (QED) is 0.280. The molecule has 0 spiro atoms. The SMILES string of the molecule is CCOc1ccc(/C(O)=C2/C(=O)C(=O)N(Cc3ccc(F)cc3)C2c2ccncc2)cc1C(C)(C)C. The molecule has 1 N–H and O–H groups in total. The third-order valence-electron chi connectivity index (χ3n) is 6.19. The predicted octanol–water partition coefficient (Wildman–Crippen LogP) is 5.54. The zero-order valence-corrected chi connectivity index (χ0v) is 20.8. The molecule has 3 aromatic rings. The minimum absolute atomic E-state index is 0.00247. The summed E-state index contributed by atoms with van der Waals surface area (Å²) < 4.78 is 19.2. The molecule has 0 radical (unpaired) electrons. The molecule has 2 heterocycles. The van der Waals surface area contributed by atoms with Gasteiger partial charge in [0.15, 0.2) is 0 Å². The summed E-state index contributed by atoms with van der Waals surface area (Å²) in [5.74, 6) is -1.46. The van der Waals surface area contributed by atoms with E-state index in [4.69, 9.17) is 4.74 Å². The molecule has 36 heavy (non-hydrogen) atoms. The molecule has 6 nitrogen and oxygen atoms in total. The number of likely N-dealkylation sites (tertiary alicyclic amines) is 1. The Bertz CT molecular complexity index is 1310. The van der Waals surface area contributed by atoms with Crippen molar-refractivity contribution in [3.05, 3.63) is 101 Å². The van der Waals surface area contributed by atoms with Crippen molar-refractivity contribution in [3.8, 4) is 5.75 Å². The van der Waals surface area contributed by atoms with Crippen LogP contribution in [0, 0.1) is 5.82 Å². The van der Waals surface area contributed by atoms with E-state index in [1.807, 2.05) is 27.7 Å². The number of amides is 1. The van der Waals surface area contributed by atoms with Crippen LogP contribution in [0.5, 0.6) is 5.75 Å². The number of carbonyl (C=O) groups is 2. The molecule has 0 bridgehead atoms. The summed E-state index contributed by atoms with van der Waals surface area (Å²) in [7, 11) is 0. The van der Waals surface area contributed by atoms with Crippen LogP contribution in [0.25, 0.3) is 5.76 Å². The summed E-state index contributed by atoms with van der Waals surface area (Å²) in [6, 6.07) is 13.6. The lowest BCUT2D eigenvalue weighted by atomic mass is 9.84. The molecule has 0 saturated carbocycles. The number of aliphatic hydroxyl groups is 1. The molecule has 1 aromatic heterocycles. The normalized spacial score (nSPS) is 17.5. The highest BCUT2D eigenvalue weighted by atomic mass is 19.1. The Balaban J connectivity index is 1.86. The molecular weight excluding hydrogens is 459 g/mol. The van der Waals surface area contributed by atoms with E-state index in [0.717, 1.165) is 5.56 Å². The van der Waals surface area contributed by atoms with Crippen LogP contribution in [0.1, 0.15) is 56.0 Å². The Morgan fingerprint density at radius 1 is 1.06 bits per heavy atom. The van der Waals surface area contributed by atoms with Gasteiger partial charge in [-0.15, -0.1) is 0 Å². The van der Waals surface area contributed by atoms with Crippen molar-refractivity contribution < 1.29 is 23.8 Å². The summed E-state index contributed by atoms with van der Waals surface area (Å²) in [5.41, 5.74) is 2.29. The average Bonchev–Trinajstić information content (AvgIpc) is 3.10. The minimum Gasteiger partial charge on any atom is -0.507 e. The number of pyridine rings is 1. The maximum Gasteiger partial charge on any atom is 0.295 e. The van der Waals surface area contributed by atoms with Gasteiger partial charge in [0.2, 0.25) is 0 Å². The van der Waals surface area contributed by atoms with Gasteiger partial charge in [-0.3, -0.25) is 14.6 Å². The number of rotatable bonds is 6. The number of nitrogens with zero attached hydrogens (tertiary/aromatic N) is 2. The molecule has 1 atom stereocenters. The second kappa shape index (κ2) is 9.93. The van der Waals surface area contributed by atoms with Gasteiger partial charge in [0.1, 0.15) is 17.3 Å². The van der Waals surface area contributed by atoms with Crippen LogP contribution in [-0.2, 0) is 21.5 Å². The van der Waals surface area contributed by atoms with Crippen LogP contribution >= 0.6 is 0 Å². The summed E-state index contributed by atoms with van der Waals surface area (Å²) in [6.45, 7) is 8.57. The number of ketones is 1. The summed E-state index contributed by atoms with van der Waals surface area (Å²) in [5, 5.41) is 11.4. The first-order valence-electron chi connectivity index (χ1n) is 11.8. The number of aliphatic hydroxyl groups excluding tert-OH is 1. The van der Waals surface area contributed by atoms with E-state index in [1.165, 1.54) is 17.0 Å². The van der Waals surface area contributed by atoms with Crippen LogP contribution in [0.2, 0.25) is 0 Å². The summed E-state index contributed by atoms with van der Waals surface area (Å²) in [4.78, 5) is 31.9. The molecule has 1 aliphatic rings. The molecule has 1 amide bonds. The van der Waals surface area contributed by atoms with Gasteiger partial charge in [-0.05, 0) is 65.9 Å². The first-order chi connectivity index (χ1) is 17.1. The second-order valence-electron chi connectivity index (χ2n) is 9.73. The van der Waals surface area contributed by atoms with E-state index in [2.05, 4.69) is 4.98 Å². The van der Waals surface area contributed by atoms with Gasteiger partial charge >= 0.3 is 0 Å². The van der Waals surface area contributed by atoms with Gasteiger partial charge in [-0.2, -0.15) is 0 Å². The average molecular weight is 489 g/mol. The van der Waals surface area contributed by atoms with Crippen molar-refractivity contribution in [2.24, 2.45) is 0 Å². The van der Waals surface area contributed by atoms with Gasteiger partial charge in [-0.1, -0.05) is 32.9 Å². The van der Waals surface area contributed by atoms with Crippen molar-refractivity contribution in [1.29, 1.82) is 0 Å². The number of aromatic nitrogens is 1. The first-order valence-corrected chi connectivity index (χ1v) is 11.8. The predicted molar refractivity (Wildman–Crippen MR) is 135 cm³/mol. The Hall–Kier alpha value is -4.00. The van der Waals surface area contributed by atoms with Crippen LogP contribution in [-0.4, -0.2) is 33.3 Å². The zero-order chi connectivity index (χ0) is 26.0. The molecule has 4 rings (SSSR count). The van der Waals surface area contributed by atoms with Gasteiger partial charge in [0.25, 0.3) is 11.7 Å². The standard InChI is InChI=1S/C29H29FN2O4/c1-5-36-23-11-8-20(16-22(23)29(2,3)4)26(33)24-25(19-12-14-31-15-13-19)32(28(35)27(24)34)17-18-6-9-21(30)10-7-18/h6-16,25,33H,5,17H2,1-4H3/b26-24-. The molecule has 7 heteroatoms. The summed E-state index contributed by atoms with van der Waals surface area (Å²) >= 11 is 0. The third kappa shape index (κ3) is 4.87. The van der Waals surface area contributed by atoms with Gasteiger partial charge in [-0.25, -0.2) is 4.39 Å². The minimum atomic E-state index is -0.831. The lowest BCUT2D eigenvalue weighted by Crippen LogP contribution is -2.29. The van der Waals surface area contributed by atoms with E-state index in [0.29, 0.717) is 29.0 Å². The Kier molecular flexibility index (Phi) is 6.93. The highest BCUT2D eigenvalue weighted by Crippen LogP contribution is 2.41. The van der Waals surface area contributed by atoms with E-state index in [9.17, 15) is 19.1 Å². The van der Waals surface area contributed by atoms with Crippen molar-refractivity contribution in [2.75, 3.05) is 6.61 Å². The molecule has 2 aromatic carbocycles. The van der Waals surface area contributed by atoms with Crippen LogP contribution in [0.3, 0.4) is 0 Å². The number of Topliss-reactive ketones (excluding diaryl/α,β-unsaturated/α-hetero) is 1. The monoisotopic (exact) mass is 488 g/mol. The molecule has 1 saturated heterocycles. The van der Waals surface area contributed by atoms with E-state index in [-0.39, 0.29) is 23.3 Å². The fourth-order valence-electron chi connectivity index (χ4n) is 4.42. The first kappa shape index (κ1) is 25.1. The molecule has 1 aliphatic heterocycles. The number of ether oxygens (including phenoxy) is 1. The van der Waals surface area contributed by atoms with Crippen molar-refractivity contribution in [1.82, 2.24) is 9.88 Å². The smallest absolute Gasteiger partial charge is 0.295 e. The number of hydrogen-bond donors (Lipinski definition) is 1. The van der Waals surface area contributed by atoms with Crippen molar-refractivity contribution in [3.63, 3.8) is 0 Å². The van der Waals surface area contributed by atoms with Crippen LogP contribution in [0.15, 0.2) is 72.6 Å². The van der Waals surface area contributed by atoms with Crippen molar-refractivity contribution in [2.45, 2.75) is 45.7 Å². The number of hydrogen-bond acceptors (Lipinski definition) is 5. The van der Waals surface area contributed by atoms with Gasteiger partial charge in [0.05, 0.1) is 18.2 Å². The number of halogens is 1. The van der Waals surface area contributed by atoms with E-state index in [1.54, 1.807) is 54.9 Å². The number of benzene rings is 2. The Labute approximate surface area is 210 Å². The Morgan fingerprint density at radius 2 is 1.72 bits per heavy atom. The highest BCUT2D eigenvalue weighted by Gasteiger charge is 2.46. The largest absolute Gasteiger partial charge is 0.507 e. The lowest BCUT2D eigenvalue weighted by molar-refractivity contribution is -0.140. The van der Waals surface area contributed by atoms with Crippen LogP contribution < -0.4 is 4.74 Å².